The molecular weight excluding hydrogens is 533 g/mol. The van der Waals surface area contributed by atoms with Crippen molar-refractivity contribution in [3.63, 3.8) is 0 Å². The molecule has 3 amide bonds. The number of aryl methyl sites for hydroxylation is 1. The Morgan fingerprint density at radius 3 is 2.12 bits per heavy atom. The van der Waals surface area contributed by atoms with Crippen molar-refractivity contribution in [2.24, 2.45) is 11.8 Å². The molecule has 1 aliphatic rings. The Morgan fingerprint density at radius 1 is 0.848 bits per heavy atom. The van der Waals surface area contributed by atoms with E-state index < -0.39 is 0 Å². The fourth-order valence-corrected chi connectivity index (χ4v) is 4.27. The van der Waals surface area contributed by atoms with Crippen LogP contribution in [-0.2, 0) is 32.0 Å². The molecule has 0 heterocycles. The number of hydrogen-bond acceptors (Lipinski definition) is 4. The highest BCUT2D eigenvalue weighted by molar-refractivity contribution is 14.1. The fourth-order valence-electron chi connectivity index (χ4n) is 4.00. The van der Waals surface area contributed by atoms with E-state index in [1.165, 1.54) is 5.56 Å². The Labute approximate surface area is 210 Å². The van der Waals surface area contributed by atoms with Crippen LogP contribution >= 0.6 is 22.6 Å². The Balaban J connectivity index is 1.54. The first-order chi connectivity index (χ1) is 15.9. The molecule has 182 valence electrons. The number of nitrogens with one attached hydrogen (secondary N) is 3. The van der Waals surface area contributed by atoms with E-state index in [2.05, 4.69) is 35.0 Å². The Morgan fingerprint density at radius 2 is 1.48 bits per heavy atom. The monoisotopic (exact) mass is 569 g/mol. The number of carbonyl (C=O) groups is 4. The van der Waals surface area contributed by atoms with Gasteiger partial charge in [-0.3, -0.25) is 19.2 Å². The molecule has 0 aromatic heterocycles. The molecule has 0 spiro atoms. The number of rotatable bonds is 13. The minimum atomic E-state index is -0.133. The highest BCUT2D eigenvalue weighted by atomic mass is 127. The minimum absolute atomic E-state index is 0.0234. The average molecular weight is 569 g/mol. The Kier molecular flexibility index (Phi) is 12.4. The van der Waals surface area contributed by atoms with Crippen molar-refractivity contribution in [2.45, 2.75) is 64.7 Å². The first-order valence-electron chi connectivity index (χ1n) is 11.9. The second kappa shape index (κ2) is 15.0. The lowest BCUT2D eigenvalue weighted by Gasteiger charge is -2.28. The number of carbonyl (C=O) groups excluding carboxylic acids is 4. The van der Waals surface area contributed by atoms with Crippen LogP contribution < -0.4 is 16.0 Å². The lowest BCUT2D eigenvalue weighted by atomic mass is 9.81. The maximum atomic E-state index is 12.4. The largest absolute Gasteiger partial charge is 0.356 e. The van der Waals surface area contributed by atoms with Gasteiger partial charge in [0, 0.05) is 38.4 Å². The second-order valence-electron chi connectivity index (χ2n) is 8.72. The van der Waals surface area contributed by atoms with Crippen molar-refractivity contribution in [1.29, 1.82) is 0 Å². The van der Waals surface area contributed by atoms with Gasteiger partial charge in [0.15, 0.2) is 3.79 Å². The van der Waals surface area contributed by atoms with Crippen molar-refractivity contribution >= 4 is 44.1 Å². The average Bonchev–Trinajstić information content (AvgIpc) is 2.82. The van der Waals surface area contributed by atoms with Crippen molar-refractivity contribution in [2.75, 3.05) is 19.6 Å². The van der Waals surface area contributed by atoms with Crippen molar-refractivity contribution in [3.05, 3.63) is 35.4 Å². The van der Waals surface area contributed by atoms with Gasteiger partial charge in [-0.2, -0.15) is 0 Å². The standard InChI is InChI=1S/C25H36IN3O4/c1-2-18-4-6-19(7-5-18)16-24(32)29-17-20-8-10-21(11-9-20)25(33)28-15-3-14-27-23(31)13-12-22(26)30/h4-7,20-21H,2-3,8-17H2,1H3,(H,27,31)(H,28,33)(H,29,32). The summed E-state index contributed by atoms with van der Waals surface area (Å²) in [5, 5.41) is 8.77. The van der Waals surface area contributed by atoms with Gasteiger partial charge >= 0.3 is 0 Å². The molecule has 1 aromatic carbocycles. The van der Waals surface area contributed by atoms with Gasteiger partial charge in [-0.15, -0.1) is 0 Å². The van der Waals surface area contributed by atoms with Crippen LogP contribution in [0.3, 0.4) is 0 Å². The summed E-state index contributed by atoms with van der Waals surface area (Å²) in [6, 6.07) is 8.18. The van der Waals surface area contributed by atoms with E-state index in [0.29, 0.717) is 38.4 Å². The number of hydrogen-bond donors (Lipinski definition) is 3. The highest BCUT2D eigenvalue weighted by Crippen LogP contribution is 2.28. The molecule has 0 saturated heterocycles. The first-order valence-corrected chi connectivity index (χ1v) is 13.0. The molecule has 0 bridgehead atoms. The van der Waals surface area contributed by atoms with Crippen LogP contribution in [0.25, 0.3) is 0 Å². The SMILES string of the molecule is CCc1ccc(CC(=O)NCC2CCC(C(=O)NCCCNC(=O)CCC(=O)I)CC2)cc1. The van der Waals surface area contributed by atoms with Gasteiger partial charge in [-0.1, -0.05) is 31.2 Å². The van der Waals surface area contributed by atoms with Gasteiger partial charge in [0.05, 0.1) is 6.42 Å². The van der Waals surface area contributed by atoms with Crippen LogP contribution in [0.1, 0.15) is 63.0 Å². The lowest BCUT2D eigenvalue weighted by Crippen LogP contribution is -2.37. The summed E-state index contributed by atoms with van der Waals surface area (Å²) in [5.41, 5.74) is 2.30. The molecule has 1 fully saturated rings. The normalized spacial score (nSPS) is 17.8. The topological polar surface area (TPSA) is 104 Å². The molecular formula is C25H36IN3O4. The molecule has 33 heavy (non-hydrogen) atoms. The minimum Gasteiger partial charge on any atom is -0.356 e. The number of amides is 3. The van der Waals surface area contributed by atoms with Crippen molar-refractivity contribution in [3.8, 4) is 0 Å². The lowest BCUT2D eigenvalue weighted by molar-refractivity contribution is -0.126. The van der Waals surface area contributed by atoms with Gasteiger partial charge < -0.3 is 16.0 Å². The van der Waals surface area contributed by atoms with Gasteiger partial charge in [0.1, 0.15) is 0 Å². The van der Waals surface area contributed by atoms with Crippen LogP contribution in [0.15, 0.2) is 24.3 Å². The van der Waals surface area contributed by atoms with Crippen LogP contribution in [-0.4, -0.2) is 41.1 Å². The summed E-state index contributed by atoms with van der Waals surface area (Å²) in [6.45, 7) is 3.80. The predicted octanol–water partition coefficient (Wildman–Crippen LogP) is 3.08. The van der Waals surface area contributed by atoms with E-state index >= 15 is 0 Å². The van der Waals surface area contributed by atoms with Crippen LogP contribution in [0.4, 0.5) is 0 Å². The maximum absolute atomic E-state index is 12.4. The molecule has 1 aliphatic carbocycles. The third kappa shape index (κ3) is 11.1. The summed E-state index contributed by atoms with van der Waals surface area (Å²) < 4.78 is -0.0234. The third-order valence-electron chi connectivity index (χ3n) is 6.12. The zero-order valence-electron chi connectivity index (χ0n) is 19.5. The molecule has 1 aromatic rings. The number of benzene rings is 1. The summed E-state index contributed by atoms with van der Waals surface area (Å²) in [6.07, 6.45) is 6.08. The summed E-state index contributed by atoms with van der Waals surface area (Å²) in [4.78, 5) is 47.0. The molecule has 8 heteroatoms. The van der Waals surface area contributed by atoms with Crippen LogP contribution in [0.5, 0.6) is 0 Å². The quantitative estimate of drug-likeness (QED) is 0.193. The van der Waals surface area contributed by atoms with Gasteiger partial charge in [-0.05, 0) is 78.2 Å². The molecule has 2 rings (SSSR count). The molecule has 7 nitrogen and oxygen atoms in total. The van der Waals surface area contributed by atoms with Gasteiger partial charge in [0.2, 0.25) is 17.7 Å². The second-order valence-corrected chi connectivity index (χ2v) is 9.92. The van der Waals surface area contributed by atoms with E-state index in [4.69, 9.17) is 0 Å². The molecule has 0 unspecified atom stereocenters. The molecule has 0 atom stereocenters. The predicted molar refractivity (Wildman–Crippen MR) is 137 cm³/mol. The van der Waals surface area contributed by atoms with Gasteiger partial charge in [-0.25, -0.2) is 0 Å². The molecule has 0 radical (unpaired) electrons. The summed E-state index contributed by atoms with van der Waals surface area (Å²) in [5.74, 6) is 0.441. The number of halogens is 1. The van der Waals surface area contributed by atoms with E-state index in [1.807, 2.05) is 12.1 Å². The zero-order chi connectivity index (χ0) is 24.1. The third-order valence-corrected chi connectivity index (χ3v) is 6.66. The molecule has 1 saturated carbocycles. The Hall–Kier alpha value is -1.97. The van der Waals surface area contributed by atoms with E-state index in [9.17, 15) is 19.2 Å². The Bertz CT molecular complexity index is 789. The fraction of sp³-hybridized carbons (Fsp3) is 0.600. The summed E-state index contributed by atoms with van der Waals surface area (Å²) >= 11 is 1.68. The first kappa shape index (κ1) is 27.3. The molecule has 0 aliphatic heterocycles. The summed E-state index contributed by atoms with van der Waals surface area (Å²) in [7, 11) is 0. The van der Waals surface area contributed by atoms with Crippen molar-refractivity contribution in [1.82, 2.24) is 16.0 Å². The van der Waals surface area contributed by atoms with Gasteiger partial charge in [0.25, 0.3) is 0 Å². The maximum Gasteiger partial charge on any atom is 0.224 e. The zero-order valence-corrected chi connectivity index (χ0v) is 21.6. The highest BCUT2D eigenvalue weighted by Gasteiger charge is 2.26. The molecule has 3 N–H and O–H groups in total. The van der Waals surface area contributed by atoms with Crippen LogP contribution in [0.2, 0.25) is 0 Å². The van der Waals surface area contributed by atoms with E-state index in [1.54, 1.807) is 22.6 Å². The smallest absolute Gasteiger partial charge is 0.224 e. The van der Waals surface area contributed by atoms with E-state index in [0.717, 1.165) is 37.7 Å². The van der Waals surface area contributed by atoms with Crippen LogP contribution in [0, 0.1) is 11.8 Å². The van der Waals surface area contributed by atoms with Crippen molar-refractivity contribution < 1.29 is 19.2 Å². The van der Waals surface area contributed by atoms with E-state index in [-0.39, 0.29) is 40.3 Å².